The van der Waals surface area contributed by atoms with E-state index >= 15 is 0 Å². The molecule has 1 unspecified atom stereocenters. The van der Waals surface area contributed by atoms with E-state index in [0.29, 0.717) is 22.8 Å². The number of hydrogen-bond donors (Lipinski definition) is 2. The van der Waals surface area contributed by atoms with Crippen LogP contribution in [-0.4, -0.2) is 11.7 Å². The van der Waals surface area contributed by atoms with E-state index < -0.39 is 0 Å². The molecule has 21 heavy (non-hydrogen) atoms. The van der Waals surface area contributed by atoms with E-state index in [9.17, 15) is 4.39 Å². The van der Waals surface area contributed by atoms with Crippen molar-refractivity contribution in [3.05, 3.63) is 64.4 Å². The maximum absolute atomic E-state index is 13.6. The summed E-state index contributed by atoms with van der Waals surface area (Å²) in [5.74, 6) is 0.221. The summed E-state index contributed by atoms with van der Waals surface area (Å²) < 4.78 is 19.1. The van der Waals surface area contributed by atoms with Crippen molar-refractivity contribution in [2.45, 2.75) is 19.1 Å². The van der Waals surface area contributed by atoms with Gasteiger partial charge in [-0.25, -0.2) is 4.39 Å². The molecule has 3 nitrogen and oxygen atoms in total. The van der Waals surface area contributed by atoms with Crippen LogP contribution in [-0.2, 0) is 6.61 Å². The van der Waals surface area contributed by atoms with E-state index in [4.69, 9.17) is 27.2 Å². The zero-order valence-electron chi connectivity index (χ0n) is 11.4. The second kappa shape index (κ2) is 7.41. The Morgan fingerprint density at radius 2 is 1.90 bits per heavy atom. The highest BCUT2D eigenvalue weighted by Gasteiger charge is 2.08. The number of hydrogen-bond acceptors (Lipinski definition) is 3. The largest absolute Gasteiger partial charge is 0.489 e. The van der Waals surface area contributed by atoms with Gasteiger partial charge in [0.25, 0.3) is 0 Å². The molecular weight excluding hydrogens is 293 g/mol. The monoisotopic (exact) mass is 309 g/mol. The van der Waals surface area contributed by atoms with Crippen molar-refractivity contribution in [1.82, 2.24) is 0 Å². The fourth-order valence-corrected chi connectivity index (χ4v) is 2.16. The number of nitrogens with two attached hydrogens (primary N) is 1. The summed E-state index contributed by atoms with van der Waals surface area (Å²) in [6.07, 6.45) is 0.505. The molecule has 0 amide bonds. The summed E-state index contributed by atoms with van der Waals surface area (Å²) in [6.45, 7) is 0.110. The van der Waals surface area contributed by atoms with Crippen LogP contribution in [0.15, 0.2) is 42.5 Å². The van der Waals surface area contributed by atoms with Gasteiger partial charge in [-0.2, -0.15) is 0 Å². The van der Waals surface area contributed by atoms with E-state index in [2.05, 4.69) is 0 Å². The van der Waals surface area contributed by atoms with Crippen LogP contribution in [0.3, 0.4) is 0 Å². The molecule has 5 heteroatoms. The van der Waals surface area contributed by atoms with Gasteiger partial charge in [0.15, 0.2) is 0 Å². The van der Waals surface area contributed by atoms with Gasteiger partial charge < -0.3 is 15.6 Å². The molecule has 0 spiro atoms. The molecule has 1 atom stereocenters. The van der Waals surface area contributed by atoms with Gasteiger partial charge in [0.05, 0.1) is 5.02 Å². The number of aliphatic hydroxyl groups excluding tert-OH is 1. The lowest BCUT2D eigenvalue weighted by Gasteiger charge is -2.12. The summed E-state index contributed by atoms with van der Waals surface area (Å²) in [4.78, 5) is 0. The van der Waals surface area contributed by atoms with Gasteiger partial charge in [0.2, 0.25) is 0 Å². The molecule has 0 aromatic heterocycles. The van der Waals surface area contributed by atoms with Crippen molar-refractivity contribution in [2.75, 3.05) is 6.61 Å². The number of ether oxygens (including phenoxy) is 1. The first kappa shape index (κ1) is 15.8. The molecular formula is C16H17ClFNO2. The first-order chi connectivity index (χ1) is 10.1. The summed E-state index contributed by atoms with van der Waals surface area (Å²) in [6, 6.07) is 11.5. The Bertz CT molecular complexity index is 569. The third-order valence-corrected chi connectivity index (χ3v) is 3.55. The molecule has 0 aliphatic heterocycles. The highest BCUT2D eigenvalue weighted by molar-refractivity contribution is 6.31. The predicted molar refractivity (Wildman–Crippen MR) is 80.8 cm³/mol. The smallest absolute Gasteiger partial charge is 0.131 e. The van der Waals surface area contributed by atoms with Crippen LogP contribution in [0.4, 0.5) is 4.39 Å². The molecule has 0 radical (unpaired) electrons. The molecule has 0 heterocycles. The normalized spacial score (nSPS) is 12.2. The van der Waals surface area contributed by atoms with Gasteiger partial charge in [0, 0.05) is 18.2 Å². The standard InChI is InChI=1S/C16H17ClFNO2/c17-14-2-1-3-15(18)13(14)10-21-12-6-4-11(5-7-12)16(19)8-9-20/h1-7,16,20H,8-10,19H2. The number of halogens is 2. The lowest BCUT2D eigenvalue weighted by atomic mass is 10.1. The fourth-order valence-electron chi connectivity index (χ4n) is 1.94. The van der Waals surface area contributed by atoms with E-state index in [1.54, 1.807) is 24.3 Å². The Hall–Kier alpha value is -1.62. The first-order valence-corrected chi connectivity index (χ1v) is 7.01. The highest BCUT2D eigenvalue weighted by Crippen LogP contribution is 2.23. The van der Waals surface area contributed by atoms with Crippen molar-refractivity contribution < 1.29 is 14.2 Å². The summed E-state index contributed by atoms with van der Waals surface area (Å²) in [7, 11) is 0. The van der Waals surface area contributed by atoms with Crippen LogP contribution in [0.2, 0.25) is 5.02 Å². The van der Waals surface area contributed by atoms with Crippen LogP contribution in [0.5, 0.6) is 5.75 Å². The molecule has 0 bridgehead atoms. The highest BCUT2D eigenvalue weighted by atomic mass is 35.5. The summed E-state index contributed by atoms with van der Waals surface area (Å²) in [5.41, 5.74) is 7.14. The minimum absolute atomic E-state index is 0.0468. The number of rotatable bonds is 6. The molecule has 0 saturated carbocycles. The summed E-state index contributed by atoms with van der Waals surface area (Å²) >= 11 is 5.94. The van der Waals surface area contributed by atoms with Crippen LogP contribution in [0, 0.1) is 5.82 Å². The van der Waals surface area contributed by atoms with Crippen molar-refractivity contribution in [3.63, 3.8) is 0 Å². The van der Waals surface area contributed by atoms with Gasteiger partial charge >= 0.3 is 0 Å². The second-order valence-corrected chi connectivity index (χ2v) is 5.08. The van der Waals surface area contributed by atoms with E-state index in [0.717, 1.165) is 5.56 Å². The molecule has 3 N–H and O–H groups in total. The van der Waals surface area contributed by atoms with Gasteiger partial charge in [0.1, 0.15) is 18.2 Å². The molecule has 0 aliphatic rings. The molecule has 0 fully saturated rings. The second-order valence-electron chi connectivity index (χ2n) is 4.68. The van der Waals surface area contributed by atoms with Crippen molar-refractivity contribution in [3.8, 4) is 5.75 Å². The van der Waals surface area contributed by atoms with Crippen molar-refractivity contribution in [2.24, 2.45) is 5.73 Å². The Morgan fingerprint density at radius 3 is 2.52 bits per heavy atom. The average molecular weight is 310 g/mol. The van der Waals surface area contributed by atoms with Crippen LogP contribution in [0.25, 0.3) is 0 Å². The lowest BCUT2D eigenvalue weighted by Crippen LogP contribution is -2.11. The molecule has 0 saturated heterocycles. The Labute approximate surface area is 128 Å². The molecule has 2 rings (SSSR count). The van der Waals surface area contributed by atoms with Crippen LogP contribution < -0.4 is 10.5 Å². The maximum Gasteiger partial charge on any atom is 0.131 e. The van der Waals surface area contributed by atoms with E-state index in [1.165, 1.54) is 6.07 Å². The van der Waals surface area contributed by atoms with Gasteiger partial charge in [-0.15, -0.1) is 0 Å². The SMILES string of the molecule is NC(CCO)c1ccc(OCc2c(F)cccc2Cl)cc1. The number of benzene rings is 2. The van der Waals surface area contributed by atoms with Crippen LogP contribution >= 0.6 is 11.6 Å². The maximum atomic E-state index is 13.6. The molecule has 112 valence electrons. The third kappa shape index (κ3) is 4.17. The van der Waals surface area contributed by atoms with Crippen LogP contribution in [0.1, 0.15) is 23.6 Å². The Kier molecular flexibility index (Phi) is 5.56. The fraction of sp³-hybridized carbons (Fsp3) is 0.250. The minimum Gasteiger partial charge on any atom is -0.489 e. The van der Waals surface area contributed by atoms with Gasteiger partial charge in [-0.05, 0) is 36.2 Å². The quantitative estimate of drug-likeness (QED) is 0.859. The topological polar surface area (TPSA) is 55.5 Å². The summed E-state index contributed by atoms with van der Waals surface area (Å²) in [5, 5.41) is 9.21. The zero-order chi connectivity index (χ0) is 15.2. The van der Waals surface area contributed by atoms with E-state index in [1.807, 2.05) is 12.1 Å². The third-order valence-electron chi connectivity index (χ3n) is 3.19. The zero-order valence-corrected chi connectivity index (χ0v) is 12.2. The van der Waals surface area contributed by atoms with Crippen molar-refractivity contribution >= 4 is 11.6 Å². The Morgan fingerprint density at radius 1 is 1.19 bits per heavy atom. The van der Waals surface area contributed by atoms with Gasteiger partial charge in [-0.1, -0.05) is 29.8 Å². The predicted octanol–water partition coefficient (Wildman–Crippen LogP) is 3.44. The molecule has 2 aromatic carbocycles. The van der Waals surface area contributed by atoms with Gasteiger partial charge in [-0.3, -0.25) is 0 Å². The molecule has 0 aliphatic carbocycles. The lowest BCUT2D eigenvalue weighted by molar-refractivity contribution is 0.276. The van der Waals surface area contributed by atoms with E-state index in [-0.39, 0.29) is 25.1 Å². The minimum atomic E-state index is -0.385. The average Bonchev–Trinajstić information content (AvgIpc) is 2.47. The van der Waals surface area contributed by atoms with Crippen molar-refractivity contribution in [1.29, 1.82) is 0 Å². The number of aliphatic hydroxyl groups is 1. The molecule has 2 aromatic rings. The Balaban J connectivity index is 2.01. The first-order valence-electron chi connectivity index (χ1n) is 6.64.